The summed E-state index contributed by atoms with van der Waals surface area (Å²) in [5.41, 5.74) is 7.04. The van der Waals surface area contributed by atoms with Gasteiger partial charge in [0.1, 0.15) is 5.82 Å². The molecule has 31 heavy (non-hydrogen) atoms. The third kappa shape index (κ3) is 4.46. The van der Waals surface area contributed by atoms with Gasteiger partial charge in [0.25, 0.3) is 5.56 Å². The number of carbonyl (C=O) groups is 1. The second-order valence-corrected chi connectivity index (χ2v) is 8.78. The van der Waals surface area contributed by atoms with Gasteiger partial charge >= 0.3 is 5.97 Å². The lowest BCUT2D eigenvalue weighted by atomic mass is 9.68. The summed E-state index contributed by atoms with van der Waals surface area (Å²) >= 11 is 6.20. The first-order valence-electron chi connectivity index (χ1n) is 10.6. The number of aromatic nitrogens is 2. The normalized spacial score (nSPS) is 26.6. The Labute approximate surface area is 185 Å². The number of nitrogens with zero attached hydrogens (tertiary/aromatic N) is 3. The van der Waals surface area contributed by atoms with Gasteiger partial charge in [-0.15, -0.1) is 0 Å². The summed E-state index contributed by atoms with van der Waals surface area (Å²) in [5, 5.41) is 14.5. The first kappa shape index (κ1) is 21.8. The van der Waals surface area contributed by atoms with E-state index in [9.17, 15) is 14.7 Å². The SMILES string of the molecule is NCC1(c2cccc(Cl)c2)CCC(n2nc(N3CCOC(C(=O)O)C3)ccc2=O)CC1. The molecule has 166 valence electrons. The molecular formula is C22H27ClN4O4. The van der Waals surface area contributed by atoms with Crippen LogP contribution < -0.4 is 16.2 Å². The number of morpholine rings is 1. The number of hydrogen-bond donors (Lipinski definition) is 2. The van der Waals surface area contributed by atoms with Crippen molar-refractivity contribution in [3.8, 4) is 0 Å². The third-order valence-corrected chi connectivity index (χ3v) is 6.80. The van der Waals surface area contributed by atoms with E-state index in [1.54, 1.807) is 10.7 Å². The largest absolute Gasteiger partial charge is 0.479 e. The summed E-state index contributed by atoms with van der Waals surface area (Å²) in [6.45, 7) is 1.56. The molecule has 3 N–H and O–H groups in total. The molecule has 1 saturated heterocycles. The molecule has 0 bridgehead atoms. The lowest BCUT2D eigenvalue weighted by Gasteiger charge is -2.40. The summed E-state index contributed by atoms with van der Waals surface area (Å²) in [6, 6.07) is 11.0. The predicted molar refractivity (Wildman–Crippen MR) is 118 cm³/mol. The fourth-order valence-electron chi connectivity index (χ4n) is 4.68. The van der Waals surface area contributed by atoms with Gasteiger partial charge in [0.05, 0.1) is 19.2 Å². The van der Waals surface area contributed by atoms with Crippen LogP contribution in [-0.2, 0) is 14.9 Å². The van der Waals surface area contributed by atoms with E-state index in [1.807, 2.05) is 23.1 Å². The third-order valence-electron chi connectivity index (χ3n) is 6.56. The van der Waals surface area contributed by atoms with Crippen LogP contribution in [0.25, 0.3) is 0 Å². The Balaban J connectivity index is 1.53. The number of hydrogen-bond acceptors (Lipinski definition) is 6. The zero-order valence-corrected chi connectivity index (χ0v) is 18.0. The molecule has 2 fully saturated rings. The number of halogens is 1. The number of ether oxygens (including phenoxy) is 1. The molecule has 9 heteroatoms. The van der Waals surface area contributed by atoms with Crippen molar-refractivity contribution in [3.05, 3.63) is 57.3 Å². The molecule has 4 rings (SSSR count). The minimum absolute atomic E-state index is 0.0254. The Kier molecular flexibility index (Phi) is 6.31. The van der Waals surface area contributed by atoms with Crippen LogP contribution in [0, 0.1) is 0 Å². The number of benzene rings is 1. The lowest BCUT2D eigenvalue weighted by molar-refractivity contribution is -0.150. The van der Waals surface area contributed by atoms with Gasteiger partial charge in [-0.1, -0.05) is 23.7 Å². The maximum Gasteiger partial charge on any atom is 0.334 e. The maximum absolute atomic E-state index is 12.6. The molecule has 1 aliphatic heterocycles. The monoisotopic (exact) mass is 446 g/mol. The standard InChI is InChI=1S/C22H27ClN4O4/c23-16-3-1-2-15(12-16)22(14-24)8-6-17(7-9-22)27-20(28)5-4-19(25-27)26-10-11-31-18(13-26)21(29)30/h1-5,12,17-18H,6-11,13-14,24H2,(H,29,30). The number of carboxylic acid groups (broad SMARTS) is 1. The zero-order chi connectivity index (χ0) is 22.0. The van der Waals surface area contributed by atoms with E-state index >= 15 is 0 Å². The van der Waals surface area contributed by atoms with E-state index in [4.69, 9.17) is 22.1 Å². The molecule has 2 aromatic rings. The first-order valence-corrected chi connectivity index (χ1v) is 10.9. The predicted octanol–water partition coefficient (Wildman–Crippen LogP) is 2.20. The van der Waals surface area contributed by atoms with Crippen molar-refractivity contribution in [2.24, 2.45) is 5.73 Å². The Bertz CT molecular complexity index is 1000. The number of nitrogens with two attached hydrogens (primary N) is 1. The molecule has 0 radical (unpaired) electrons. The number of aliphatic carboxylic acids is 1. The molecule has 1 unspecified atom stereocenters. The molecule has 2 heterocycles. The van der Waals surface area contributed by atoms with E-state index in [2.05, 4.69) is 11.2 Å². The van der Waals surface area contributed by atoms with E-state index in [-0.39, 0.29) is 23.6 Å². The Morgan fingerprint density at radius 2 is 2.06 bits per heavy atom. The van der Waals surface area contributed by atoms with Crippen LogP contribution >= 0.6 is 11.6 Å². The highest BCUT2D eigenvalue weighted by atomic mass is 35.5. The molecule has 1 aromatic heterocycles. The van der Waals surface area contributed by atoms with Crippen LogP contribution in [0.15, 0.2) is 41.2 Å². The van der Waals surface area contributed by atoms with Crippen molar-refractivity contribution >= 4 is 23.4 Å². The summed E-state index contributed by atoms with van der Waals surface area (Å²) in [7, 11) is 0. The van der Waals surface area contributed by atoms with Gasteiger partial charge in [-0.2, -0.15) is 5.10 Å². The molecule has 1 aromatic carbocycles. The summed E-state index contributed by atoms with van der Waals surface area (Å²) in [4.78, 5) is 25.7. The first-order chi connectivity index (χ1) is 14.9. The van der Waals surface area contributed by atoms with E-state index in [1.165, 1.54) is 6.07 Å². The van der Waals surface area contributed by atoms with Crippen molar-refractivity contribution in [3.63, 3.8) is 0 Å². The van der Waals surface area contributed by atoms with Gasteiger partial charge in [-0.3, -0.25) is 4.79 Å². The van der Waals surface area contributed by atoms with Gasteiger partial charge in [0.2, 0.25) is 0 Å². The van der Waals surface area contributed by atoms with Crippen LogP contribution in [0.2, 0.25) is 5.02 Å². The van der Waals surface area contributed by atoms with Crippen LogP contribution in [0.4, 0.5) is 5.82 Å². The van der Waals surface area contributed by atoms with Gasteiger partial charge < -0.3 is 20.5 Å². The number of carboxylic acids is 1. The lowest BCUT2D eigenvalue weighted by Crippen LogP contribution is -2.47. The average molecular weight is 447 g/mol. The summed E-state index contributed by atoms with van der Waals surface area (Å²) in [5.74, 6) is -0.399. The fourth-order valence-corrected chi connectivity index (χ4v) is 4.87. The molecule has 8 nitrogen and oxygen atoms in total. The topological polar surface area (TPSA) is 111 Å². The summed E-state index contributed by atoms with van der Waals surface area (Å²) in [6.07, 6.45) is 2.34. The van der Waals surface area contributed by atoms with Gasteiger partial charge in [-0.25, -0.2) is 9.48 Å². The summed E-state index contributed by atoms with van der Waals surface area (Å²) < 4.78 is 6.84. The number of anilines is 1. The van der Waals surface area contributed by atoms with E-state index in [0.29, 0.717) is 30.5 Å². The minimum atomic E-state index is -0.996. The quantitative estimate of drug-likeness (QED) is 0.724. The van der Waals surface area contributed by atoms with Crippen molar-refractivity contribution in [1.82, 2.24) is 9.78 Å². The van der Waals surface area contributed by atoms with Gasteiger partial charge in [0.15, 0.2) is 6.10 Å². The van der Waals surface area contributed by atoms with Crippen LogP contribution in [0.1, 0.15) is 37.3 Å². The van der Waals surface area contributed by atoms with Crippen molar-refractivity contribution in [1.29, 1.82) is 0 Å². The van der Waals surface area contributed by atoms with Crippen molar-refractivity contribution < 1.29 is 14.6 Å². The highest BCUT2D eigenvalue weighted by molar-refractivity contribution is 6.30. The average Bonchev–Trinajstić information content (AvgIpc) is 2.79. The molecule has 1 atom stereocenters. The second kappa shape index (κ2) is 8.98. The van der Waals surface area contributed by atoms with Gasteiger partial charge in [-0.05, 0) is 49.4 Å². The highest BCUT2D eigenvalue weighted by Crippen LogP contribution is 2.42. The Morgan fingerprint density at radius 1 is 1.29 bits per heavy atom. The molecule has 0 amide bonds. The van der Waals surface area contributed by atoms with Crippen molar-refractivity contribution in [2.75, 3.05) is 31.1 Å². The smallest absolute Gasteiger partial charge is 0.334 e. The van der Waals surface area contributed by atoms with Crippen LogP contribution in [-0.4, -0.2) is 53.2 Å². The molecular weight excluding hydrogens is 420 g/mol. The second-order valence-electron chi connectivity index (χ2n) is 8.34. The van der Waals surface area contributed by atoms with E-state index in [0.717, 1.165) is 31.2 Å². The molecule has 0 spiro atoms. The fraction of sp³-hybridized carbons (Fsp3) is 0.500. The minimum Gasteiger partial charge on any atom is -0.479 e. The number of rotatable bonds is 5. The van der Waals surface area contributed by atoms with E-state index < -0.39 is 12.1 Å². The highest BCUT2D eigenvalue weighted by Gasteiger charge is 2.37. The van der Waals surface area contributed by atoms with Crippen molar-refractivity contribution in [2.45, 2.75) is 43.2 Å². The van der Waals surface area contributed by atoms with Crippen LogP contribution in [0.3, 0.4) is 0 Å². The van der Waals surface area contributed by atoms with Gasteiger partial charge in [0, 0.05) is 29.6 Å². The Morgan fingerprint density at radius 3 is 2.74 bits per heavy atom. The maximum atomic E-state index is 12.6. The van der Waals surface area contributed by atoms with Crippen LogP contribution in [0.5, 0.6) is 0 Å². The molecule has 1 aliphatic carbocycles. The molecule has 2 aliphatic rings. The zero-order valence-electron chi connectivity index (χ0n) is 17.2. The Hall–Kier alpha value is -2.42. The molecule has 1 saturated carbocycles.